The Morgan fingerprint density at radius 3 is 2.33 bits per heavy atom. The summed E-state index contributed by atoms with van der Waals surface area (Å²) in [5.74, 6) is 0. The van der Waals surface area contributed by atoms with Crippen LogP contribution < -0.4 is 5.32 Å². The maximum atomic E-state index is 3.93. The van der Waals surface area contributed by atoms with Gasteiger partial charge in [0.05, 0.1) is 0 Å². The van der Waals surface area contributed by atoms with E-state index in [1.54, 1.807) is 0 Å². The van der Waals surface area contributed by atoms with Gasteiger partial charge in [0.25, 0.3) is 0 Å². The highest BCUT2D eigenvalue weighted by Crippen LogP contribution is 2.19. The van der Waals surface area contributed by atoms with Crippen LogP contribution in [0.15, 0.2) is 42.5 Å². The molecule has 0 radical (unpaired) electrons. The van der Waals surface area contributed by atoms with E-state index in [4.69, 9.17) is 0 Å². The Kier molecular flexibility index (Phi) is 6.69. The van der Waals surface area contributed by atoms with Crippen molar-refractivity contribution in [1.29, 1.82) is 0 Å². The van der Waals surface area contributed by atoms with Gasteiger partial charge in [0.15, 0.2) is 0 Å². The van der Waals surface area contributed by atoms with Crippen molar-refractivity contribution >= 4 is 0 Å². The van der Waals surface area contributed by atoms with Crippen molar-refractivity contribution in [3.8, 4) is 0 Å². The van der Waals surface area contributed by atoms with E-state index in [0.717, 1.165) is 26.2 Å². The molecule has 0 fully saturated rings. The monoisotopic (exact) mass is 246 g/mol. The molecular formula is C16H26N2. The normalized spacial score (nSPS) is 12.7. The summed E-state index contributed by atoms with van der Waals surface area (Å²) in [6.07, 6.45) is 0. The standard InChI is InChI=1S/C16H26N2/c1-5-18(6-2)16(13-17-12-14(3)4)15-10-8-7-9-11-15/h7-11,16-17H,3,5-6,12-13H2,1-2,4H3. The zero-order valence-corrected chi connectivity index (χ0v) is 11.9. The topological polar surface area (TPSA) is 15.3 Å². The molecule has 0 aliphatic rings. The van der Waals surface area contributed by atoms with Crippen LogP contribution in [0.4, 0.5) is 0 Å². The molecule has 0 aliphatic heterocycles. The number of hydrogen-bond acceptors (Lipinski definition) is 2. The molecule has 100 valence electrons. The fraction of sp³-hybridized carbons (Fsp3) is 0.500. The zero-order valence-electron chi connectivity index (χ0n) is 11.9. The van der Waals surface area contributed by atoms with Gasteiger partial charge in [-0.25, -0.2) is 0 Å². The first-order chi connectivity index (χ1) is 8.69. The molecule has 1 aromatic rings. The van der Waals surface area contributed by atoms with Crippen LogP contribution in [0.1, 0.15) is 32.4 Å². The highest BCUT2D eigenvalue weighted by atomic mass is 15.2. The van der Waals surface area contributed by atoms with Gasteiger partial charge in [-0.2, -0.15) is 0 Å². The van der Waals surface area contributed by atoms with Gasteiger partial charge < -0.3 is 5.32 Å². The minimum absolute atomic E-state index is 0.445. The average molecular weight is 246 g/mol. The molecule has 2 nitrogen and oxygen atoms in total. The van der Waals surface area contributed by atoms with Crippen molar-refractivity contribution in [1.82, 2.24) is 10.2 Å². The molecule has 0 amide bonds. The van der Waals surface area contributed by atoms with Crippen LogP contribution in [0.2, 0.25) is 0 Å². The maximum Gasteiger partial charge on any atom is 0.0472 e. The SMILES string of the molecule is C=C(C)CNCC(c1ccccc1)N(CC)CC. The van der Waals surface area contributed by atoms with Crippen LogP contribution in [0.3, 0.4) is 0 Å². The van der Waals surface area contributed by atoms with Crippen molar-refractivity contribution in [2.24, 2.45) is 0 Å². The number of rotatable bonds is 8. The third-order valence-electron chi connectivity index (χ3n) is 3.20. The van der Waals surface area contributed by atoms with E-state index in [-0.39, 0.29) is 0 Å². The Hall–Kier alpha value is -1.12. The molecule has 1 atom stereocenters. The van der Waals surface area contributed by atoms with Crippen molar-refractivity contribution in [3.05, 3.63) is 48.0 Å². The van der Waals surface area contributed by atoms with Crippen molar-refractivity contribution in [2.45, 2.75) is 26.8 Å². The first-order valence-electron chi connectivity index (χ1n) is 6.83. The van der Waals surface area contributed by atoms with Gasteiger partial charge in [0.2, 0.25) is 0 Å². The van der Waals surface area contributed by atoms with Crippen LogP contribution in [0.25, 0.3) is 0 Å². The summed E-state index contributed by atoms with van der Waals surface area (Å²) < 4.78 is 0. The van der Waals surface area contributed by atoms with E-state index in [1.807, 2.05) is 0 Å². The predicted octanol–water partition coefficient (Wildman–Crippen LogP) is 3.24. The molecule has 0 saturated heterocycles. The van der Waals surface area contributed by atoms with Gasteiger partial charge >= 0.3 is 0 Å². The van der Waals surface area contributed by atoms with Gasteiger partial charge in [-0.05, 0) is 25.6 Å². The largest absolute Gasteiger partial charge is 0.311 e. The van der Waals surface area contributed by atoms with Crippen molar-refractivity contribution in [2.75, 3.05) is 26.2 Å². The van der Waals surface area contributed by atoms with E-state index < -0.39 is 0 Å². The zero-order chi connectivity index (χ0) is 13.4. The van der Waals surface area contributed by atoms with E-state index in [2.05, 4.69) is 67.9 Å². The number of likely N-dealkylation sites (N-methyl/N-ethyl adjacent to an activating group) is 1. The second-order valence-corrected chi connectivity index (χ2v) is 4.74. The molecule has 18 heavy (non-hydrogen) atoms. The highest BCUT2D eigenvalue weighted by Gasteiger charge is 2.16. The summed E-state index contributed by atoms with van der Waals surface area (Å²) in [4.78, 5) is 2.49. The molecule has 1 rings (SSSR count). The lowest BCUT2D eigenvalue weighted by Crippen LogP contribution is -2.36. The Labute approximate surface area is 112 Å². The average Bonchev–Trinajstić information content (AvgIpc) is 2.39. The summed E-state index contributed by atoms with van der Waals surface area (Å²) in [6.45, 7) is 14.4. The Balaban J connectivity index is 2.72. The van der Waals surface area contributed by atoms with Gasteiger partial charge in [-0.3, -0.25) is 4.90 Å². The molecule has 2 heteroatoms. The van der Waals surface area contributed by atoms with E-state index >= 15 is 0 Å². The second kappa shape index (κ2) is 8.06. The predicted molar refractivity (Wildman–Crippen MR) is 79.8 cm³/mol. The van der Waals surface area contributed by atoms with Crippen molar-refractivity contribution in [3.63, 3.8) is 0 Å². The lowest BCUT2D eigenvalue weighted by atomic mass is 10.1. The third-order valence-corrected chi connectivity index (χ3v) is 3.20. The molecule has 1 aromatic carbocycles. The second-order valence-electron chi connectivity index (χ2n) is 4.74. The fourth-order valence-corrected chi connectivity index (χ4v) is 2.22. The van der Waals surface area contributed by atoms with Crippen LogP contribution in [-0.4, -0.2) is 31.1 Å². The molecule has 0 heterocycles. The summed E-state index contributed by atoms with van der Waals surface area (Å²) in [5, 5.41) is 3.49. The smallest absolute Gasteiger partial charge is 0.0472 e. The highest BCUT2D eigenvalue weighted by molar-refractivity contribution is 5.19. The summed E-state index contributed by atoms with van der Waals surface area (Å²) in [7, 11) is 0. The molecule has 0 aliphatic carbocycles. The van der Waals surface area contributed by atoms with Crippen LogP contribution in [0.5, 0.6) is 0 Å². The van der Waals surface area contributed by atoms with E-state index in [0.29, 0.717) is 6.04 Å². The summed E-state index contributed by atoms with van der Waals surface area (Å²) >= 11 is 0. The molecule has 1 unspecified atom stereocenters. The first kappa shape index (κ1) is 14.9. The van der Waals surface area contributed by atoms with E-state index in [9.17, 15) is 0 Å². The number of nitrogens with one attached hydrogen (secondary N) is 1. The van der Waals surface area contributed by atoms with Crippen molar-refractivity contribution < 1.29 is 0 Å². The third kappa shape index (κ3) is 4.63. The Morgan fingerprint density at radius 1 is 1.22 bits per heavy atom. The minimum Gasteiger partial charge on any atom is -0.311 e. The summed E-state index contributed by atoms with van der Waals surface area (Å²) in [5.41, 5.74) is 2.57. The quantitative estimate of drug-likeness (QED) is 0.708. The van der Waals surface area contributed by atoms with Gasteiger partial charge in [0.1, 0.15) is 0 Å². The molecule has 0 spiro atoms. The van der Waals surface area contributed by atoms with Crippen LogP contribution >= 0.6 is 0 Å². The minimum atomic E-state index is 0.445. The molecule has 0 aromatic heterocycles. The molecule has 0 saturated carbocycles. The summed E-state index contributed by atoms with van der Waals surface area (Å²) in [6, 6.07) is 11.2. The van der Waals surface area contributed by atoms with Gasteiger partial charge in [-0.15, -0.1) is 0 Å². The number of hydrogen-bond donors (Lipinski definition) is 1. The lowest BCUT2D eigenvalue weighted by molar-refractivity contribution is 0.214. The van der Waals surface area contributed by atoms with Gasteiger partial charge in [-0.1, -0.05) is 56.3 Å². The Bertz CT molecular complexity index is 341. The lowest BCUT2D eigenvalue weighted by Gasteiger charge is -2.30. The van der Waals surface area contributed by atoms with Gasteiger partial charge in [0, 0.05) is 19.1 Å². The first-order valence-corrected chi connectivity index (χ1v) is 6.83. The Morgan fingerprint density at radius 2 is 1.83 bits per heavy atom. The fourth-order valence-electron chi connectivity index (χ4n) is 2.22. The van der Waals surface area contributed by atoms with Crippen LogP contribution in [-0.2, 0) is 0 Å². The van der Waals surface area contributed by atoms with E-state index in [1.165, 1.54) is 11.1 Å². The van der Waals surface area contributed by atoms with Crippen LogP contribution in [0, 0.1) is 0 Å². The molecular weight excluding hydrogens is 220 g/mol. The molecule has 0 bridgehead atoms. The number of nitrogens with zero attached hydrogens (tertiary/aromatic N) is 1. The maximum absolute atomic E-state index is 3.93. The molecule has 1 N–H and O–H groups in total. The number of benzene rings is 1.